The van der Waals surface area contributed by atoms with E-state index in [4.69, 9.17) is 4.98 Å². The minimum absolute atomic E-state index is 0.0124. The fraction of sp³-hybridized carbons (Fsp3) is 0.448. The van der Waals surface area contributed by atoms with Gasteiger partial charge in [-0.3, -0.25) is 19.1 Å². The third kappa shape index (κ3) is 4.90. The summed E-state index contributed by atoms with van der Waals surface area (Å²) in [5.41, 5.74) is 2.95. The Bertz CT molecular complexity index is 1350. The highest BCUT2D eigenvalue weighted by Crippen LogP contribution is 2.48. The number of amides is 1. The number of carbonyl (C=O) groups excluding carboxylic acids is 1. The zero-order chi connectivity index (χ0) is 26.2. The van der Waals surface area contributed by atoms with Crippen LogP contribution in [0.3, 0.4) is 0 Å². The molecule has 8 heteroatoms. The first-order valence-electron chi connectivity index (χ1n) is 13.3. The normalized spacial score (nSPS) is 18.1. The molecular weight excluding hydrogens is 464 g/mol. The van der Waals surface area contributed by atoms with Crippen molar-refractivity contribution in [2.24, 2.45) is 0 Å². The highest BCUT2D eigenvalue weighted by atomic mass is 16.2. The quantitative estimate of drug-likeness (QED) is 0.466. The number of hydrogen-bond donors (Lipinski definition) is 1. The van der Waals surface area contributed by atoms with E-state index in [1.54, 1.807) is 22.9 Å². The molecule has 1 amide bonds. The summed E-state index contributed by atoms with van der Waals surface area (Å²) in [6, 6.07) is 12.6. The molecule has 1 saturated heterocycles. The van der Waals surface area contributed by atoms with Crippen molar-refractivity contribution < 1.29 is 4.79 Å². The number of carbonyl (C=O) groups is 1. The second-order valence-corrected chi connectivity index (χ2v) is 10.4. The third-order valence-electron chi connectivity index (χ3n) is 7.76. The molecule has 1 N–H and O–H groups in total. The molecule has 2 aliphatic rings. The first-order valence-corrected chi connectivity index (χ1v) is 13.3. The van der Waals surface area contributed by atoms with Crippen LogP contribution in [0.2, 0.25) is 0 Å². The van der Waals surface area contributed by atoms with Gasteiger partial charge in [0.15, 0.2) is 0 Å². The number of piperazine rings is 1. The van der Waals surface area contributed by atoms with E-state index in [0.717, 1.165) is 50.8 Å². The van der Waals surface area contributed by atoms with Gasteiger partial charge in [0, 0.05) is 55.9 Å². The molecule has 1 aliphatic carbocycles. The molecule has 5 rings (SSSR count). The van der Waals surface area contributed by atoms with Crippen LogP contribution in [-0.2, 0) is 10.3 Å². The Morgan fingerprint density at radius 3 is 2.41 bits per heavy atom. The maximum Gasteiger partial charge on any atom is 0.252 e. The minimum Gasteiger partial charge on any atom is -0.345 e. The van der Waals surface area contributed by atoms with Crippen molar-refractivity contribution in [3.05, 3.63) is 76.7 Å². The van der Waals surface area contributed by atoms with E-state index in [-0.39, 0.29) is 23.0 Å². The highest BCUT2D eigenvalue weighted by molar-refractivity contribution is 5.87. The number of nitrogens with zero attached hydrogens (tertiary/aromatic N) is 5. The van der Waals surface area contributed by atoms with Gasteiger partial charge in [0.25, 0.3) is 5.56 Å². The molecule has 0 spiro atoms. The second kappa shape index (κ2) is 10.1. The Balaban J connectivity index is 1.32. The molecule has 0 bridgehead atoms. The van der Waals surface area contributed by atoms with Gasteiger partial charge < -0.3 is 10.2 Å². The summed E-state index contributed by atoms with van der Waals surface area (Å²) in [7, 11) is 0. The van der Waals surface area contributed by atoms with Crippen LogP contribution in [-0.4, -0.2) is 56.4 Å². The van der Waals surface area contributed by atoms with Crippen LogP contribution in [0.15, 0.2) is 60.0 Å². The summed E-state index contributed by atoms with van der Waals surface area (Å²) in [6.45, 7) is 13.0. The van der Waals surface area contributed by atoms with Gasteiger partial charge in [-0.25, -0.2) is 4.98 Å². The van der Waals surface area contributed by atoms with Crippen molar-refractivity contribution in [1.82, 2.24) is 24.3 Å². The number of pyridine rings is 1. The molecule has 1 atom stereocenters. The van der Waals surface area contributed by atoms with Crippen molar-refractivity contribution in [2.45, 2.75) is 57.7 Å². The van der Waals surface area contributed by atoms with E-state index < -0.39 is 0 Å². The summed E-state index contributed by atoms with van der Waals surface area (Å²) in [6.07, 6.45) is 6.22. The molecule has 2 fully saturated rings. The van der Waals surface area contributed by atoms with E-state index in [9.17, 15) is 9.59 Å². The largest absolute Gasteiger partial charge is 0.345 e. The Labute approximate surface area is 218 Å². The Hall–Kier alpha value is -3.52. The molecule has 8 nitrogen and oxygen atoms in total. The van der Waals surface area contributed by atoms with Gasteiger partial charge >= 0.3 is 0 Å². The zero-order valence-corrected chi connectivity index (χ0v) is 22.0. The smallest absolute Gasteiger partial charge is 0.252 e. The summed E-state index contributed by atoms with van der Waals surface area (Å²) in [5, 5.41) is 4.43. The summed E-state index contributed by atoms with van der Waals surface area (Å²) in [4.78, 5) is 38.0. The second-order valence-electron chi connectivity index (χ2n) is 10.4. The van der Waals surface area contributed by atoms with Gasteiger partial charge in [-0.2, -0.15) is 4.98 Å². The standard InChI is InChI=1S/C29H36N6O2/c1-5-24(33-15-17-34(18-16-33)25(36)6-2)21-7-10-23(11-8-21)29(13-14-29)32-28-30-19-22-9-12-26(37)35(20(3)4)27(22)31-28/h6-12,19-20,24H,2,5,13-18H2,1,3-4H3,(H,30,31,32)/t24-/m0/s1. The number of rotatable bonds is 8. The number of benzene rings is 1. The Morgan fingerprint density at radius 2 is 1.81 bits per heavy atom. The topological polar surface area (TPSA) is 83.4 Å². The number of aromatic nitrogens is 3. The van der Waals surface area contributed by atoms with Crippen molar-refractivity contribution in [1.29, 1.82) is 0 Å². The number of fused-ring (bicyclic) bond motifs is 1. The van der Waals surface area contributed by atoms with Crippen LogP contribution in [0.1, 0.15) is 63.2 Å². The lowest BCUT2D eigenvalue weighted by Gasteiger charge is -2.39. The van der Waals surface area contributed by atoms with Crippen LogP contribution in [0, 0.1) is 0 Å². The third-order valence-corrected chi connectivity index (χ3v) is 7.76. The molecule has 194 valence electrons. The van der Waals surface area contributed by atoms with Crippen LogP contribution in [0.5, 0.6) is 0 Å². The van der Waals surface area contributed by atoms with Gasteiger partial charge in [-0.05, 0) is 56.4 Å². The molecule has 1 saturated carbocycles. The molecule has 37 heavy (non-hydrogen) atoms. The van der Waals surface area contributed by atoms with Crippen molar-refractivity contribution >= 4 is 22.9 Å². The monoisotopic (exact) mass is 500 g/mol. The van der Waals surface area contributed by atoms with Gasteiger partial charge in [-0.15, -0.1) is 0 Å². The van der Waals surface area contributed by atoms with Crippen LogP contribution >= 0.6 is 0 Å². The summed E-state index contributed by atoms with van der Waals surface area (Å²) >= 11 is 0. The molecular formula is C29H36N6O2. The lowest BCUT2D eigenvalue weighted by Crippen LogP contribution is -2.49. The van der Waals surface area contributed by atoms with E-state index in [1.165, 1.54) is 17.2 Å². The van der Waals surface area contributed by atoms with Gasteiger partial charge in [0.2, 0.25) is 11.9 Å². The first-order chi connectivity index (χ1) is 17.8. The zero-order valence-electron chi connectivity index (χ0n) is 22.0. The fourth-order valence-electron chi connectivity index (χ4n) is 5.53. The number of hydrogen-bond acceptors (Lipinski definition) is 6. The number of nitrogens with one attached hydrogen (secondary N) is 1. The lowest BCUT2D eigenvalue weighted by molar-refractivity contribution is -0.128. The molecule has 1 aromatic carbocycles. The van der Waals surface area contributed by atoms with E-state index >= 15 is 0 Å². The predicted molar refractivity (Wildman–Crippen MR) is 147 cm³/mol. The molecule has 0 radical (unpaired) electrons. The summed E-state index contributed by atoms with van der Waals surface area (Å²) < 4.78 is 1.72. The Kier molecular flexibility index (Phi) is 6.86. The minimum atomic E-state index is -0.178. The van der Waals surface area contributed by atoms with Crippen molar-refractivity contribution in [2.75, 3.05) is 31.5 Å². The van der Waals surface area contributed by atoms with E-state index in [0.29, 0.717) is 17.6 Å². The first kappa shape index (κ1) is 25.1. The predicted octanol–water partition coefficient (Wildman–Crippen LogP) is 4.25. The molecule has 3 aromatic rings. The highest BCUT2D eigenvalue weighted by Gasteiger charge is 2.45. The van der Waals surface area contributed by atoms with Crippen LogP contribution in [0.4, 0.5) is 5.95 Å². The van der Waals surface area contributed by atoms with Crippen LogP contribution in [0.25, 0.3) is 11.0 Å². The summed E-state index contributed by atoms with van der Waals surface area (Å²) in [5.74, 6) is 0.564. The fourth-order valence-corrected chi connectivity index (χ4v) is 5.53. The van der Waals surface area contributed by atoms with Crippen molar-refractivity contribution in [3.63, 3.8) is 0 Å². The van der Waals surface area contributed by atoms with E-state index in [2.05, 4.69) is 53.0 Å². The van der Waals surface area contributed by atoms with Crippen LogP contribution < -0.4 is 10.9 Å². The lowest BCUT2D eigenvalue weighted by atomic mass is 9.97. The molecule has 3 heterocycles. The molecule has 2 aromatic heterocycles. The average Bonchev–Trinajstić information content (AvgIpc) is 3.69. The van der Waals surface area contributed by atoms with Gasteiger partial charge in [0.1, 0.15) is 5.65 Å². The molecule has 0 unspecified atom stereocenters. The SMILES string of the molecule is C=CC(=O)N1CCN([C@@H](CC)c2ccc(C3(Nc4ncc5ccc(=O)n(C(C)C)c5n4)CC3)cc2)CC1. The van der Waals surface area contributed by atoms with Crippen molar-refractivity contribution in [3.8, 4) is 0 Å². The maximum atomic E-state index is 12.4. The average molecular weight is 501 g/mol. The molecule has 1 aliphatic heterocycles. The van der Waals surface area contributed by atoms with Gasteiger partial charge in [0.05, 0.1) is 5.54 Å². The number of anilines is 1. The van der Waals surface area contributed by atoms with Gasteiger partial charge in [-0.1, -0.05) is 37.8 Å². The van der Waals surface area contributed by atoms with E-state index in [1.807, 2.05) is 18.7 Å². The maximum absolute atomic E-state index is 12.4. The Morgan fingerprint density at radius 1 is 1.11 bits per heavy atom.